The van der Waals surface area contributed by atoms with E-state index in [0.717, 1.165) is 0 Å². The average molecular weight is 490 g/mol. The fraction of sp³-hybridized carbons (Fsp3) is 1.00. The highest BCUT2D eigenvalue weighted by Crippen LogP contribution is 2.27. The third-order valence-electron chi connectivity index (χ3n) is 5.38. The number of rotatable bonds is 12. The van der Waals surface area contributed by atoms with Crippen LogP contribution in [-0.4, -0.2) is 164 Å². The molecule has 0 spiro atoms. The summed E-state index contributed by atoms with van der Waals surface area (Å²) in [5.74, 6) is 0. The minimum atomic E-state index is -1.76. The zero-order chi connectivity index (χ0) is 24.7. The lowest BCUT2D eigenvalue weighted by atomic mass is 9.97. The van der Waals surface area contributed by atoms with Gasteiger partial charge in [-0.2, -0.15) is 0 Å². The second-order valence-corrected chi connectivity index (χ2v) is 7.76. The van der Waals surface area contributed by atoms with Gasteiger partial charge in [0.2, 0.25) is 0 Å². The molecule has 2 aliphatic rings. The van der Waals surface area contributed by atoms with Gasteiger partial charge < -0.3 is 74.7 Å². The second kappa shape index (κ2) is 13.5. The third-order valence-corrected chi connectivity index (χ3v) is 5.38. The molecule has 0 amide bonds. The Morgan fingerprint density at radius 2 is 1.55 bits per heavy atom. The molecule has 33 heavy (non-hydrogen) atoms. The van der Waals surface area contributed by atoms with Gasteiger partial charge in [-0.05, 0) is 0 Å². The summed E-state index contributed by atoms with van der Waals surface area (Å²) in [5.41, 5.74) is 0. The van der Waals surface area contributed by atoms with Gasteiger partial charge in [-0.1, -0.05) is 0 Å². The van der Waals surface area contributed by atoms with E-state index >= 15 is 0 Å². The Morgan fingerprint density at radius 3 is 2.15 bits per heavy atom. The maximum Gasteiger partial charge on any atom is 0.187 e. The van der Waals surface area contributed by atoms with Gasteiger partial charge in [0.25, 0.3) is 0 Å². The quantitative estimate of drug-likeness (QED) is 0.114. The first-order valence-corrected chi connectivity index (χ1v) is 10.4. The summed E-state index contributed by atoms with van der Waals surface area (Å²) in [6.07, 6.45) is -18.4. The van der Waals surface area contributed by atoms with E-state index in [-0.39, 0.29) is 13.2 Å². The van der Waals surface area contributed by atoms with E-state index in [9.17, 15) is 40.9 Å². The molecule has 2 fully saturated rings. The zero-order valence-corrected chi connectivity index (χ0v) is 17.7. The van der Waals surface area contributed by atoms with Crippen LogP contribution in [-0.2, 0) is 23.7 Å². The summed E-state index contributed by atoms with van der Waals surface area (Å²) >= 11 is 0. The highest BCUT2D eigenvalue weighted by molar-refractivity contribution is 4.93. The molecule has 15 heteroatoms. The molecule has 0 radical (unpaired) electrons. The van der Waals surface area contributed by atoms with Crippen LogP contribution in [0, 0.1) is 0 Å². The van der Waals surface area contributed by atoms with Crippen molar-refractivity contribution in [1.29, 1.82) is 0 Å². The summed E-state index contributed by atoms with van der Waals surface area (Å²) in [4.78, 5) is 0. The Balaban J connectivity index is 2.02. The van der Waals surface area contributed by atoms with Crippen LogP contribution in [0.15, 0.2) is 0 Å². The zero-order valence-electron chi connectivity index (χ0n) is 17.7. The SMILES string of the molecule is OCCOC(OCC1OCC(O)C(OC2OC(CO)C(O)C(O)C2O)C1O)C(O)C(O)CO. The summed E-state index contributed by atoms with van der Waals surface area (Å²) in [7, 11) is 0. The van der Waals surface area contributed by atoms with E-state index in [2.05, 4.69) is 0 Å². The van der Waals surface area contributed by atoms with Crippen molar-refractivity contribution in [2.75, 3.05) is 39.6 Å². The molecule has 0 aromatic heterocycles. The molecule has 0 aliphatic carbocycles. The highest BCUT2D eigenvalue weighted by Gasteiger charge is 2.48. The van der Waals surface area contributed by atoms with Crippen LogP contribution in [0.3, 0.4) is 0 Å². The van der Waals surface area contributed by atoms with Crippen LogP contribution in [0.1, 0.15) is 0 Å². The first-order valence-electron chi connectivity index (χ1n) is 10.4. The molecule has 2 rings (SSSR count). The molecule has 0 saturated carbocycles. The molecule has 2 saturated heterocycles. The van der Waals surface area contributed by atoms with E-state index in [4.69, 9.17) is 33.9 Å². The van der Waals surface area contributed by atoms with Gasteiger partial charge in [-0.15, -0.1) is 0 Å². The van der Waals surface area contributed by atoms with Gasteiger partial charge in [0.1, 0.15) is 61.0 Å². The third kappa shape index (κ3) is 7.20. The van der Waals surface area contributed by atoms with Gasteiger partial charge >= 0.3 is 0 Å². The van der Waals surface area contributed by atoms with Crippen LogP contribution in [0.2, 0.25) is 0 Å². The van der Waals surface area contributed by atoms with Crippen molar-refractivity contribution in [3.05, 3.63) is 0 Å². The molecule has 12 atom stereocenters. The van der Waals surface area contributed by atoms with Crippen LogP contribution in [0.5, 0.6) is 0 Å². The summed E-state index contributed by atoms with van der Waals surface area (Å²) in [5, 5.41) is 97.4. The van der Waals surface area contributed by atoms with Crippen LogP contribution >= 0.6 is 0 Å². The Labute approximate surface area is 188 Å². The predicted octanol–water partition coefficient (Wildman–Crippen LogP) is -6.64. The molecule has 196 valence electrons. The Morgan fingerprint density at radius 1 is 0.848 bits per heavy atom. The summed E-state index contributed by atoms with van der Waals surface area (Å²) in [6, 6.07) is 0. The molecule has 0 aromatic carbocycles. The number of hydrogen-bond donors (Lipinski definition) is 10. The smallest absolute Gasteiger partial charge is 0.187 e. The van der Waals surface area contributed by atoms with Crippen molar-refractivity contribution < 1.29 is 74.7 Å². The molecule has 10 N–H and O–H groups in total. The summed E-state index contributed by atoms with van der Waals surface area (Å²) in [6.45, 7) is -2.99. The van der Waals surface area contributed by atoms with Crippen molar-refractivity contribution in [3.63, 3.8) is 0 Å². The number of aliphatic hydroxyl groups excluding tert-OH is 10. The van der Waals surface area contributed by atoms with Crippen molar-refractivity contribution >= 4 is 0 Å². The minimum absolute atomic E-state index is 0.268. The average Bonchev–Trinajstić information content (AvgIpc) is 2.81. The lowest BCUT2D eigenvalue weighted by Gasteiger charge is -2.44. The highest BCUT2D eigenvalue weighted by atomic mass is 16.7. The normalized spacial score (nSPS) is 40.4. The molecule has 2 aliphatic heterocycles. The van der Waals surface area contributed by atoms with Gasteiger partial charge in [0.05, 0.1) is 39.6 Å². The summed E-state index contributed by atoms with van der Waals surface area (Å²) < 4.78 is 26.4. The van der Waals surface area contributed by atoms with Crippen molar-refractivity contribution in [1.82, 2.24) is 0 Å². The van der Waals surface area contributed by atoms with E-state index in [1.54, 1.807) is 0 Å². The molecule has 12 unspecified atom stereocenters. The Hall–Kier alpha value is -0.600. The molecule has 15 nitrogen and oxygen atoms in total. The van der Waals surface area contributed by atoms with Gasteiger partial charge in [0.15, 0.2) is 12.6 Å². The molecule has 0 aromatic rings. The monoisotopic (exact) mass is 490 g/mol. The van der Waals surface area contributed by atoms with E-state index in [0.29, 0.717) is 0 Å². The second-order valence-electron chi connectivity index (χ2n) is 7.76. The van der Waals surface area contributed by atoms with E-state index < -0.39 is 100 Å². The number of ether oxygens (including phenoxy) is 5. The van der Waals surface area contributed by atoms with Crippen molar-refractivity contribution in [2.45, 2.75) is 73.6 Å². The Kier molecular flexibility index (Phi) is 11.7. The van der Waals surface area contributed by atoms with E-state index in [1.165, 1.54) is 0 Å². The van der Waals surface area contributed by atoms with Crippen LogP contribution in [0.25, 0.3) is 0 Å². The van der Waals surface area contributed by atoms with Gasteiger partial charge in [0, 0.05) is 0 Å². The topological polar surface area (TPSA) is 248 Å². The molecular formula is C18H34O15. The number of aliphatic hydroxyl groups is 10. The molecule has 2 heterocycles. The van der Waals surface area contributed by atoms with Gasteiger partial charge in [-0.25, -0.2) is 0 Å². The van der Waals surface area contributed by atoms with Crippen molar-refractivity contribution in [3.8, 4) is 0 Å². The van der Waals surface area contributed by atoms with Gasteiger partial charge in [-0.3, -0.25) is 0 Å². The fourth-order valence-electron chi connectivity index (χ4n) is 3.40. The Bertz CT molecular complexity index is 553. The first kappa shape index (κ1) is 28.6. The maximum absolute atomic E-state index is 10.6. The van der Waals surface area contributed by atoms with Crippen LogP contribution in [0.4, 0.5) is 0 Å². The standard InChI is InChI=1S/C18H34O15/c19-1-2-29-17(11(24)7(22)3-20)31-6-10-13(26)16(8(23)5-30-10)33-18-15(28)14(27)12(25)9(4-21)32-18/h7-28H,1-6H2. The van der Waals surface area contributed by atoms with Crippen molar-refractivity contribution in [2.24, 2.45) is 0 Å². The maximum atomic E-state index is 10.6. The predicted molar refractivity (Wildman–Crippen MR) is 102 cm³/mol. The minimum Gasteiger partial charge on any atom is -0.394 e. The van der Waals surface area contributed by atoms with Crippen LogP contribution < -0.4 is 0 Å². The van der Waals surface area contributed by atoms with E-state index in [1.807, 2.05) is 0 Å². The largest absolute Gasteiger partial charge is 0.394 e. The fourth-order valence-corrected chi connectivity index (χ4v) is 3.40. The first-order chi connectivity index (χ1) is 15.7. The molecular weight excluding hydrogens is 456 g/mol. The number of hydrogen-bond acceptors (Lipinski definition) is 15. The lowest BCUT2D eigenvalue weighted by Crippen LogP contribution is -2.63. The molecule has 0 bridgehead atoms. The lowest BCUT2D eigenvalue weighted by molar-refractivity contribution is -0.337.